The van der Waals surface area contributed by atoms with Crippen molar-refractivity contribution in [1.29, 1.82) is 0 Å². The molecule has 1 unspecified atom stereocenters. The number of hydrogen-bond donors (Lipinski definition) is 2. The predicted octanol–water partition coefficient (Wildman–Crippen LogP) is 2.42. The van der Waals surface area contributed by atoms with E-state index in [0.717, 1.165) is 11.3 Å². The van der Waals surface area contributed by atoms with Crippen molar-refractivity contribution in [2.24, 2.45) is 5.92 Å². The second-order valence-electron chi connectivity index (χ2n) is 6.48. The van der Waals surface area contributed by atoms with Crippen LogP contribution in [0, 0.1) is 5.92 Å². The summed E-state index contributed by atoms with van der Waals surface area (Å²) in [6.07, 6.45) is 2.63. The van der Waals surface area contributed by atoms with Crippen LogP contribution in [0.3, 0.4) is 0 Å². The molecule has 2 aromatic rings. The summed E-state index contributed by atoms with van der Waals surface area (Å²) in [7, 11) is -3.82. The lowest BCUT2D eigenvalue weighted by atomic mass is 9.98. The number of carboxylic acid groups (broad SMARTS) is 1. The summed E-state index contributed by atoms with van der Waals surface area (Å²) in [5.41, 5.74) is -0.0839. The lowest BCUT2D eigenvalue weighted by Gasteiger charge is -2.33. The van der Waals surface area contributed by atoms with Gasteiger partial charge in [0, 0.05) is 13.1 Å². The second kappa shape index (κ2) is 8.78. The highest BCUT2D eigenvalue weighted by Crippen LogP contribution is 2.28. The Morgan fingerprint density at radius 1 is 1.45 bits per heavy atom. The number of nitrogens with one attached hydrogen (secondary N) is 1. The van der Waals surface area contributed by atoms with Crippen molar-refractivity contribution >= 4 is 44.8 Å². The maximum atomic E-state index is 12.4. The number of hydrogen-bond acceptors (Lipinski definition) is 8. The predicted molar refractivity (Wildman–Crippen MR) is 108 cm³/mol. The second-order valence-corrected chi connectivity index (χ2v) is 9.33. The van der Waals surface area contributed by atoms with Crippen molar-refractivity contribution in [3.05, 3.63) is 35.3 Å². The number of rotatable bonds is 7. The van der Waals surface area contributed by atoms with Crippen LogP contribution in [0.15, 0.2) is 34.0 Å². The van der Waals surface area contributed by atoms with E-state index < -0.39 is 16.0 Å². The van der Waals surface area contributed by atoms with E-state index in [1.54, 1.807) is 23.3 Å². The number of nitrogens with zero attached hydrogens (tertiary/aromatic N) is 2. The molecule has 0 spiro atoms. The van der Waals surface area contributed by atoms with Gasteiger partial charge in [-0.1, -0.05) is 6.07 Å². The van der Waals surface area contributed by atoms with E-state index in [-0.39, 0.29) is 39.8 Å². The zero-order valence-electron chi connectivity index (χ0n) is 15.7. The summed E-state index contributed by atoms with van der Waals surface area (Å²) in [6.45, 7) is 2.86. The van der Waals surface area contributed by atoms with Crippen LogP contribution in [0.5, 0.6) is 0 Å². The molecule has 0 radical (unpaired) electrons. The zero-order chi connectivity index (χ0) is 21.0. The van der Waals surface area contributed by atoms with Crippen molar-refractivity contribution in [2.45, 2.75) is 24.0 Å². The van der Waals surface area contributed by atoms with Crippen molar-refractivity contribution in [3.63, 3.8) is 0 Å². The molecule has 0 aromatic carbocycles. The van der Waals surface area contributed by atoms with Gasteiger partial charge < -0.3 is 14.7 Å². The summed E-state index contributed by atoms with van der Waals surface area (Å²) in [6, 6.07) is 4.31. The van der Waals surface area contributed by atoms with Crippen LogP contribution in [-0.2, 0) is 19.6 Å². The molecule has 9 nitrogen and oxygen atoms in total. The molecule has 0 saturated carbocycles. The number of carboxylic acids is 1. The van der Waals surface area contributed by atoms with Gasteiger partial charge >= 0.3 is 11.9 Å². The quantitative estimate of drug-likeness (QED) is 0.630. The van der Waals surface area contributed by atoms with Crippen LogP contribution in [0.2, 0.25) is 0 Å². The molecule has 0 amide bonds. The molecule has 0 bridgehead atoms. The molecule has 1 fully saturated rings. The van der Waals surface area contributed by atoms with Gasteiger partial charge in [-0.3, -0.25) is 9.52 Å². The molecule has 11 heteroatoms. The van der Waals surface area contributed by atoms with E-state index in [2.05, 4.69) is 9.71 Å². The van der Waals surface area contributed by atoms with Crippen molar-refractivity contribution in [1.82, 2.24) is 4.98 Å². The molecule has 1 aliphatic heterocycles. The van der Waals surface area contributed by atoms with Crippen LogP contribution in [0.1, 0.15) is 30.1 Å². The summed E-state index contributed by atoms with van der Waals surface area (Å²) in [5.74, 6) is -1.70. The summed E-state index contributed by atoms with van der Waals surface area (Å²) in [5, 5.41) is 11.3. The number of piperidine rings is 1. The molecule has 156 valence electrons. The Kier molecular flexibility index (Phi) is 6.38. The van der Waals surface area contributed by atoms with E-state index in [4.69, 9.17) is 4.74 Å². The lowest BCUT2D eigenvalue weighted by molar-refractivity contribution is -0.148. The number of carbonyl (C=O) groups is 2. The molecule has 2 aromatic heterocycles. The fraction of sp³-hybridized carbons (Fsp3) is 0.389. The summed E-state index contributed by atoms with van der Waals surface area (Å²) >= 11 is 1.05. The number of aromatic carboxylic acids is 1. The normalized spacial score (nSPS) is 17.0. The number of anilines is 2. The molecule has 2 N–H and O–H groups in total. The maximum absolute atomic E-state index is 12.4. The van der Waals surface area contributed by atoms with E-state index in [1.165, 1.54) is 18.3 Å². The Hall–Kier alpha value is -2.66. The SMILES string of the molecule is CCOC(=O)C1CCCN(c2ncc(NS(=O)(=O)c3cccs3)cc2C(=O)O)C1. The smallest absolute Gasteiger partial charge is 0.339 e. The highest BCUT2D eigenvalue weighted by Gasteiger charge is 2.30. The number of thiophene rings is 1. The largest absolute Gasteiger partial charge is 0.478 e. The standard InChI is InChI=1S/C18H21N3O6S2/c1-2-27-18(24)12-5-3-7-21(11-12)16-14(17(22)23)9-13(10-19-16)20-29(25,26)15-6-4-8-28-15/h4,6,8-10,12,20H,2-3,5,7,11H2,1H3,(H,22,23). The van der Waals surface area contributed by atoms with Crippen molar-refractivity contribution < 1.29 is 27.9 Å². The molecular weight excluding hydrogens is 418 g/mol. The molecule has 29 heavy (non-hydrogen) atoms. The first-order valence-corrected chi connectivity index (χ1v) is 11.4. The molecule has 3 heterocycles. The topological polar surface area (TPSA) is 126 Å². The molecule has 1 saturated heterocycles. The Bertz CT molecular complexity index is 991. The third-order valence-electron chi connectivity index (χ3n) is 4.45. The van der Waals surface area contributed by atoms with Gasteiger partial charge in [0.1, 0.15) is 15.6 Å². The highest BCUT2D eigenvalue weighted by molar-refractivity contribution is 7.94. The Morgan fingerprint density at radius 3 is 2.90 bits per heavy atom. The van der Waals surface area contributed by atoms with Crippen LogP contribution >= 0.6 is 11.3 Å². The minimum Gasteiger partial charge on any atom is -0.478 e. The van der Waals surface area contributed by atoms with Gasteiger partial charge in [0.25, 0.3) is 10.0 Å². The number of pyridine rings is 1. The summed E-state index contributed by atoms with van der Waals surface area (Å²) in [4.78, 5) is 29.8. The third-order valence-corrected chi connectivity index (χ3v) is 7.23. The van der Waals surface area contributed by atoms with Gasteiger partial charge in [-0.25, -0.2) is 18.2 Å². The molecule has 0 aliphatic carbocycles. The number of esters is 1. The molecular formula is C18H21N3O6S2. The van der Waals surface area contributed by atoms with Gasteiger partial charge in [0.15, 0.2) is 0 Å². The zero-order valence-corrected chi connectivity index (χ0v) is 17.3. The van der Waals surface area contributed by atoms with Crippen molar-refractivity contribution in [2.75, 3.05) is 29.3 Å². The number of aromatic nitrogens is 1. The van der Waals surface area contributed by atoms with Gasteiger partial charge in [0.05, 0.1) is 24.4 Å². The minimum absolute atomic E-state index is 0.0542. The van der Waals surface area contributed by atoms with E-state index in [9.17, 15) is 23.1 Å². The number of carbonyl (C=O) groups excluding carboxylic acids is 1. The minimum atomic E-state index is -3.82. The van der Waals surface area contributed by atoms with E-state index in [0.29, 0.717) is 25.9 Å². The van der Waals surface area contributed by atoms with E-state index in [1.807, 2.05) is 0 Å². The highest BCUT2D eigenvalue weighted by atomic mass is 32.2. The number of ether oxygens (including phenoxy) is 1. The van der Waals surface area contributed by atoms with Crippen LogP contribution in [0.4, 0.5) is 11.5 Å². The lowest BCUT2D eigenvalue weighted by Crippen LogP contribution is -2.40. The third kappa shape index (κ3) is 4.85. The Labute approximate surface area is 172 Å². The van der Waals surface area contributed by atoms with Crippen molar-refractivity contribution in [3.8, 4) is 0 Å². The fourth-order valence-electron chi connectivity index (χ4n) is 3.17. The first kappa shape index (κ1) is 21.1. The van der Waals surface area contributed by atoms with Crippen LogP contribution in [-0.4, -0.2) is 50.1 Å². The monoisotopic (exact) mass is 439 g/mol. The van der Waals surface area contributed by atoms with Crippen LogP contribution in [0.25, 0.3) is 0 Å². The molecule has 3 rings (SSSR count). The molecule has 1 aliphatic rings. The fourth-order valence-corrected chi connectivity index (χ4v) is 5.19. The maximum Gasteiger partial charge on any atom is 0.339 e. The Morgan fingerprint density at radius 2 is 2.24 bits per heavy atom. The Balaban J connectivity index is 1.85. The van der Waals surface area contributed by atoms with Gasteiger partial charge in [-0.15, -0.1) is 11.3 Å². The van der Waals surface area contributed by atoms with Crippen LogP contribution < -0.4 is 9.62 Å². The van der Waals surface area contributed by atoms with Gasteiger partial charge in [-0.2, -0.15) is 0 Å². The first-order valence-electron chi connectivity index (χ1n) is 9.03. The average Bonchev–Trinajstić information content (AvgIpc) is 3.24. The first-order chi connectivity index (χ1) is 13.8. The van der Waals surface area contributed by atoms with E-state index >= 15 is 0 Å². The van der Waals surface area contributed by atoms with Gasteiger partial charge in [0.2, 0.25) is 0 Å². The van der Waals surface area contributed by atoms with Gasteiger partial charge in [-0.05, 0) is 37.3 Å². The summed E-state index contributed by atoms with van der Waals surface area (Å²) < 4.78 is 32.3. The molecule has 1 atom stereocenters. The average molecular weight is 440 g/mol. The number of sulfonamides is 1.